The summed E-state index contributed by atoms with van der Waals surface area (Å²) in [6, 6.07) is 17.8. The summed E-state index contributed by atoms with van der Waals surface area (Å²) < 4.78 is 2.97. The van der Waals surface area contributed by atoms with E-state index in [4.69, 9.17) is 0 Å². The van der Waals surface area contributed by atoms with E-state index in [-0.39, 0.29) is 0 Å². The molecule has 0 saturated heterocycles. The summed E-state index contributed by atoms with van der Waals surface area (Å²) in [6.07, 6.45) is 0. The van der Waals surface area contributed by atoms with Gasteiger partial charge in [0.25, 0.3) is 0 Å². The molecule has 0 aromatic heterocycles. The Bertz CT molecular complexity index is 516. The monoisotopic (exact) mass is 400 g/mol. The summed E-state index contributed by atoms with van der Waals surface area (Å²) in [6.45, 7) is 0. The zero-order valence-corrected chi connectivity index (χ0v) is 15.8. The Kier molecular flexibility index (Phi) is 5.56. The standard InChI is InChI=1S/C16H20N2Se2/c1-17(2)13-7-5-9-15(11-13)19-20-16-10-6-8-14(12-16)18(3)4/h5-12H,1-4H3. The third-order valence-electron chi connectivity index (χ3n) is 2.90. The van der Waals surface area contributed by atoms with Crippen LogP contribution in [0.15, 0.2) is 48.5 Å². The van der Waals surface area contributed by atoms with Crippen LogP contribution in [0.25, 0.3) is 0 Å². The van der Waals surface area contributed by atoms with E-state index in [1.165, 1.54) is 20.3 Å². The molecule has 2 nitrogen and oxygen atoms in total. The van der Waals surface area contributed by atoms with E-state index in [1.54, 1.807) is 0 Å². The predicted octanol–water partition coefficient (Wildman–Crippen LogP) is 1.09. The second-order valence-electron chi connectivity index (χ2n) is 4.95. The van der Waals surface area contributed by atoms with E-state index in [2.05, 4.69) is 86.5 Å². The van der Waals surface area contributed by atoms with Crippen LogP contribution in [0.4, 0.5) is 11.4 Å². The maximum atomic E-state index is 2.32. The zero-order valence-electron chi connectivity index (χ0n) is 12.3. The van der Waals surface area contributed by atoms with Crippen LogP contribution < -0.4 is 18.7 Å². The maximum absolute atomic E-state index is 2.32. The molecule has 2 aromatic carbocycles. The molecule has 0 heterocycles. The molecule has 0 atom stereocenters. The average Bonchev–Trinajstić information content (AvgIpc) is 2.45. The first-order valence-corrected chi connectivity index (χ1v) is 12.5. The van der Waals surface area contributed by atoms with Gasteiger partial charge in [-0.15, -0.1) is 0 Å². The number of rotatable bonds is 5. The fourth-order valence-electron chi connectivity index (χ4n) is 1.72. The van der Waals surface area contributed by atoms with Crippen LogP contribution in [0.1, 0.15) is 0 Å². The quantitative estimate of drug-likeness (QED) is 0.697. The van der Waals surface area contributed by atoms with Gasteiger partial charge in [0, 0.05) is 0 Å². The third-order valence-corrected chi connectivity index (χ3v) is 10.1. The molecule has 0 N–H and O–H groups in total. The molecule has 106 valence electrons. The van der Waals surface area contributed by atoms with Crippen molar-refractivity contribution in [1.82, 2.24) is 0 Å². The molecule has 0 aliphatic rings. The summed E-state index contributed by atoms with van der Waals surface area (Å²) in [5, 5.41) is 0. The molecule has 2 rings (SSSR count). The first kappa shape index (κ1) is 15.5. The van der Waals surface area contributed by atoms with Gasteiger partial charge in [0.2, 0.25) is 0 Å². The number of hydrogen-bond acceptors (Lipinski definition) is 2. The molecular formula is C16H20N2Se2. The van der Waals surface area contributed by atoms with E-state index >= 15 is 0 Å². The molecule has 0 saturated carbocycles. The Morgan fingerprint density at radius 1 is 0.650 bits per heavy atom. The summed E-state index contributed by atoms with van der Waals surface area (Å²) in [7, 11) is 8.38. The summed E-state index contributed by atoms with van der Waals surface area (Å²) in [5.41, 5.74) is 2.59. The Morgan fingerprint density at radius 2 is 1.05 bits per heavy atom. The van der Waals surface area contributed by atoms with Gasteiger partial charge in [0.15, 0.2) is 0 Å². The van der Waals surface area contributed by atoms with Gasteiger partial charge >= 0.3 is 133 Å². The van der Waals surface area contributed by atoms with Gasteiger partial charge in [-0.2, -0.15) is 0 Å². The molecule has 20 heavy (non-hydrogen) atoms. The van der Waals surface area contributed by atoms with E-state index in [0.717, 1.165) is 0 Å². The second kappa shape index (κ2) is 7.19. The number of anilines is 2. The fraction of sp³-hybridized carbons (Fsp3) is 0.250. The number of nitrogens with zero attached hydrogens (tertiary/aromatic N) is 2. The van der Waals surface area contributed by atoms with Crippen LogP contribution in [0.3, 0.4) is 0 Å². The van der Waals surface area contributed by atoms with Crippen molar-refractivity contribution in [3.05, 3.63) is 48.5 Å². The van der Waals surface area contributed by atoms with Crippen molar-refractivity contribution in [2.45, 2.75) is 0 Å². The van der Waals surface area contributed by atoms with Gasteiger partial charge in [-0.05, 0) is 0 Å². The van der Waals surface area contributed by atoms with Crippen molar-refractivity contribution in [1.29, 1.82) is 0 Å². The fourth-order valence-corrected chi connectivity index (χ4v) is 7.76. The van der Waals surface area contributed by atoms with Crippen LogP contribution in [-0.4, -0.2) is 54.5 Å². The molecule has 2 aromatic rings. The Balaban J connectivity index is 2.05. The van der Waals surface area contributed by atoms with Crippen LogP contribution in [0.5, 0.6) is 0 Å². The van der Waals surface area contributed by atoms with E-state index in [9.17, 15) is 0 Å². The minimum absolute atomic E-state index is 0.546. The molecule has 0 fully saturated rings. The van der Waals surface area contributed by atoms with Crippen LogP contribution >= 0.6 is 0 Å². The Labute approximate surface area is 133 Å². The van der Waals surface area contributed by atoms with E-state index in [0.29, 0.717) is 26.3 Å². The SMILES string of the molecule is CN(C)c1cccc([Se][Se]c2cccc(N(C)C)c2)c1. The summed E-state index contributed by atoms with van der Waals surface area (Å²) in [5.74, 6) is 0. The van der Waals surface area contributed by atoms with Crippen molar-refractivity contribution in [3.8, 4) is 0 Å². The molecule has 4 heteroatoms. The van der Waals surface area contributed by atoms with Gasteiger partial charge < -0.3 is 0 Å². The van der Waals surface area contributed by atoms with Crippen molar-refractivity contribution in [2.24, 2.45) is 0 Å². The number of hydrogen-bond donors (Lipinski definition) is 0. The molecule has 0 aliphatic carbocycles. The van der Waals surface area contributed by atoms with Crippen molar-refractivity contribution < 1.29 is 0 Å². The summed E-state index contributed by atoms with van der Waals surface area (Å²) in [4.78, 5) is 4.33. The van der Waals surface area contributed by atoms with Crippen molar-refractivity contribution in [3.63, 3.8) is 0 Å². The Hall–Kier alpha value is -0.921. The van der Waals surface area contributed by atoms with Gasteiger partial charge in [0.1, 0.15) is 0 Å². The molecular weight excluding hydrogens is 378 g/mol. The number of benzene rings is 2. The summed E-state index contributed by atoms with van der Waals surface area (Å²) >= 11 is 1.09. The van der Waals surface area contributed by atoms with Crippen LogP contribution in [0.2, 0.25) is 0 Å². The molecule has 0 aliphatic heterocycles. The second-order valence-corrected chi connectivity index (χ2v) is 11.3. The van der Waals surface area contributed by atoms with E-state index < -0.39 is 0 Å². The topological polar surface area (TPSA) is 6.48 Å². The first-order valence-electron chi connectivity index (χ1n) is 6.45. The molecule has 0 bridgehead atoms. The molecule has 0 amide bonds. The average molecular weight is 398 g/mol. The van der Waals surface area contributed by atoms with Gasteiger partial charge in [-0.25, -0.2) is 0 Å². The van der Waals surface area contributed by atoms with Crippen LogP contribution in [0, 0.1) is 0 Å². The van der Waals surface area contributed by atoms with Gasteiger partial charge in [-0.1, -0.05) is 0 Å². The van der Waals surface area contributed by atoms with Crippen molar-refractivity contribution >= 4 is 46.6 Å². The predicted molar refractivity (Wildman–Crippen MR) is 92.3 cm³/mol. The normalized spacial score (nSPS) is 10.4. The third kappa shape index (κ3) is 4.29. The first-order chi connectivity index (χ1) is 9.56. The molecule has 0 radical (unpaired) electrons. The molecule has 0 unspecified atom stereocenters. The van der Waals surface area contributed by atoms with Crippen LogP contribution in [-0.2, 0) is 0 Å². The molecule has 0 spiro atoms. The van der Waals surface area contributed by atoms with Gasteiger partial charge in [0.05, 0.1) is 0 Å². The Morgan fingerprint density at radius 3 is 1.40 bits per heavy atom. The van der Waals surface area contributed by atoms with Crippen molar-refractivity contribution in [2.75, 3.05) is 38.0 Å². The van der Waals surface area contributed by atoms with Gasteiger partial charge in [-0.3, -0.25) is 0 Å². The zero-order chi connectivity index (χ0) is 14.5. The van der Waals surface area contributed by atoms with E-state index in [1.807, 2.05) is 0 Å². The minimum atomic E-state index is 0.546.